The summed E-state index contributed by atoms with van der Waals surface area (Å²) < 4.78 is 26.2. The van der Waals surface area contributed by atoms with Gasteiger partial charge < -0.3 is 29.5 Å². The average molecular weight is 691 g/mol. The zero-order valence-corrected chi connectivity index (χ0v) is 29.8. The van der Waals surface area contributed by atoms with Gasteiger partial charge in [-0.05, 0) is 25.7 Å². The van der Waals surface area contributed by atoms with Crippen LogP contribution in [0.5, 0.6) is 0 Å². The fourth-order valence-electron chi connectivity index (χ4n) is 5.91. The van der Waals surface area contributed by atoms with Crippen LogP contribution in [-0.4, -0.2) is 69.2 Å². The summed E-state index contributed by atoms with van der Waals surface area (Å²) >= 11 is 0. The van der Waals surface area contributed by atoms with Crippen molar-refractivity contribution in [2.24, 2.45) is 11.8 Å². The zero-order chi connectivity index (χ0) is 34.9. The molecule has 0 aliphatic heterocycles. The van der Waals surface area contributed by atoms with Crippen LogP contribution in [0.3, 0.4) is 0 Å². The Morgan fingerprint density at radius 2 is 1.38 bits per heavy atom. The maximum atomic E-state index is 12.5. The van der Waals surface area contributed by atoms with Crippen LogP contribution < -0.4 is 0 Å². The molecule has 5 atom stereocenters. The van der Waals surface area contributed by atoms with Crippen molar-refractivity contribution in [3.8, 4) is 0 Å². The number of aliphatic hydroxyl groups excluding tert-OH is 2. The second-order valence-corrected chi connectivity index (χ2v) is 14.2. The van der Waals surface area contributed by atoms with Crippen molar-refractivity contribution in [3.63, 3.8) is 0 Å². The van der Waals surface area contributed by atoms with Crippen molar-refractivity contribution in [1.29, 1.82) is 0 Å². The van der Waals surface area contributed by atoms with E-state index in [1.165, 1.54) is 32.1 Å². The number of ether oxygens (including phenoxy) is 2. The molecule has 0 aromatic rings. The summed E-state index contributed by atoms with van der Waals surface area (Å²) in [6.45, 7) is 3.34. The molecule has 12 heteroatoms. The van der Waals surface area contributed by atoms with E-state index in [4.69, 9.17) is 19.3 Å². The Labute approximate surface area is 282 Å². The van der Waals surface area contributed by atoms with Crippen molar-refractivity contribution >= 4 is 25.5 Å². The second kappa shape index (κ2) is 26.3. The lowest BCUT2D eigenvalue weighted by molar-refractivity contribution is -0.161. The van der Waals surface area contributed by atoms with Crippen molar-refractivity contribution < 1.29 is 52.9 Å². The molecule has 0 aromatic heterocycles. The fourth-order valence-corrected chi connectivity index (χ4v) is 6.28. The van der Waals surface area contributed by atoms with Crippen molar-refractivity contribution in [2.75, 3.05) is 13.2 Å². The number of carbonyl (C=O) groups is 3. The second-order valence-electron chi connectivity index (χ2n) is 13.0. The van der Waals surface area contributed by atoms with Crippen LogP contribution in [0, 0.1) is 11.8 Å². The Bertz CT molecular complexity index is 934. The van der Waals surface area contributed by atoms with Crippen LogP contribution in [-0.2, 0) is 32.9 Å². The molecule has 0 amide bonds. The van der Waals surface area contributed by atoms with E-state index in [-0.39, 0.29) is 43.5 Å². The summed E-state index contributed by atoms with van der Waals surface area (Å²) in [5.74, 6) is -1.60. The lowest BCUT2D eigenvalue weighted by Crippen LogP contribution is -2.29. The third kappa shape index (κ3) is 22.6. The van der Waals surface area contributed by atoms with E-state index in [1.54, 1.807) is 12.2 Å². The monoisotopic (exact) mass is 690 g/mol. The molecular formula is C35H63O11P. The van der Waals surface area contributed by atoms with Crippen molar-refractivity contribution in [3.05, 3.63) is 12.2 Å². The highest BCUT2D eigenvalue weighted by atomic mass is 31.2. The van der Waals surface area contributed by atoms with Crippen LogP contribution in [0.4, 0.5) is 0 Å². The predicted octanol–water partition coefficient (Wildman–Crippen LogP) is 6.88. The summed E-state index contributed by atoms with van der Waals surface area (Å²) in [4.78, 5) is 55.2. The molecule has 1 saturated carbocycles. The third-order valence-corrected chi connectivity index (χ3v) is 9.16. The molecule has 11 nitrogen and oxygen atoms in total. The summed E-state index contributed by atoms with van der Waals surface area (Å²) in [5.41, 5.74) is 0. The highest BCUT2D eigenvalue weighted by molar-refractivity contribution is 7.46. The maximum Gasteiger partial charge on any atom is 0.469 e. The first-order valence-corrected chi connectivity index (χ1v) is 19.6. The highest BCUT2D eigenvalue weighted by Gasteiger charge is 2.39. The van der Waals surface area contributed by atoms with E-state index in [0.29, 0.717) is 32.1 Å². The average Bonchev–Trinajstić information content (AvgIpc) is 3.29. The van der Waals surface area contributed by atoms with Crippen molar-refractivity contribution in [2.45, 2.75) is 167 Å². The van der Waals surface area contributed by atoms with Crippen LogP contribution in [0.15, 0.2) is 12.2 Å². The molecular weight excluding hydrogens is 627 g/mol. The fraction of sp³-hybridized carbons (Fsp3) is 0.857. The molecule has 47 heavy (non-hydrogen) atoms. The lowest BCUT2D eigenvalue weighted by Gasteiger charge is -2.19. The number of Topliss-reactive ketones (excluding diaryl/α,β-unsaturated/α-hetero) is 1. The number of hydrogen-bond acceptors (Lipinski definition) is 9. The van der Waals surface area contributed by atoms with E-state index >= 15 is 0 Å². The standard InChI is InChI=1S/C35H63O11P/c1-3-5-7-8-9-10-11-12-17-21-34(39)44-26-29(27-45-47(41,42)43)46-35(40)22-18-14-13-16-20-30-31(33(38)25-32(30)37)24-23-28(36)19-15-6-4-2/h23-24,28-31,33,36,38H,3-22,25-27H2,1-2H3,(H2,41,42,43)/b24-23+/t28-,29+,30+,31+,33+/m0/s1. The van der Waals surface area contributed by atoms with Gasteiger partial charge in [-0.25, -0.2) is 4.57 Å². The van der Waals surface area contributed by atoms with Crippen LogP contribution >= 0.6 is 7.82 Å². The first-order chi connectivity index (χ1) is 22.5. The summed E-state index contributed by atoms with van der Waals surface area (Å²) in [5, 5.41) is 20.6. The van der Waals surface area contributed by atoms with Gasteiger partial charge in [0.2, 0.25) is 0 Å². The van der Waals surface area contributed by atoms with Gasteiger partial charge in [-0.15, -0.1) is 0 Å². The highest BCUT2D eigenvalue weighted by Crippen LogP contribution is 2.36. The maximum absolute atomic E-state index is 12.5. The Hall–Kier alpha value is -1.62. The topological polar surface area (TPSA) is 177 Å². The zero-order valence-electron chi connectivity index (χ0n) is 28.9. The number of ketones is 1. The van der Waals surface area contributed by atoms with Gasteiger partial charge in [0.25, 0.3) is 0 Å². The molecule has 1 aliphatic rings. The van der Waals surface area contributed by atoms with Crippen molar-refractivity contribution in [1.82, 2.24) is 0 Å². The lowest BCUT2D eigenvalue weighted by atomic mass is 9.88. The van der Waals surface area contributed by atoms with Gasteiger partial charge in [0.05, 0.1) is 18.8 Å². The molecule has 0 aromatic carbocycles. The molecule has 1 aliphatic carbocycles. The number of unbranched alkanes of at least 4 members (excludes halogenated alkanes) is 13. The Morgan fingerprint density at radius 1 is 0.830 bits per heavy atom. The normalized spacial score (nSPS) is 19.7. The molecule has 0 bridgehead atoms. The smallest absolute Gasteiger partial charge is 0.462 e. The largest absolute Gasteiger partial charge is 0.469 e. The van der Waals surface area contributed by atoms with E-state index in [2.05, 4.69) is 18.4 Å². The predicted molar refractivity (Wildman–Crippen MR) is 180 cm³/mol. The SMILES string of the molecule is CCCCCCCCCCCC(=O)OC[C@H](COP(=O)(O)O)OC(=O)CCCCCC[C@H]1C(=O)C[C@@H](O)[C@@H]1/C=C/[C@@H](O)CCCCC. The van der Waals surface area contributed by atoms with E-state index in [0.717, 1.165) is 51.4 Å². The minimum Gasteiger partial charge on any atom is -0.462 e. The third-order valence-electron chi connectivity index (χ3n) is 8.68. The summed E-state index contributed by atoms with van der Waals surface area (Å²) in [6, 6.07) is 0. The number of hydrogen-bond donors (Lipinski definition) is 4. The number of rotatable bonds is 29. The molecule has 4 N–H and O–H groups in total. The van der Waals surface area contributed by atoms with Crippen LogP contribution in [0.2, 0.25) is 0 Å². The molecule has 0 unspecified atom stereocenters. The van der Waals surface area contributed by atoms with Gasteiger partial charge in [0.1, 0.15) is 12.4 Å². The van der Waals surface area contributed by atoms with Crippen LogP contribution in [0.25, 0.3) is 0 Å². The molecule has 1 rings (SSSR count). The van der Waals surface area contributed by atoms with E-state index in [1.807, 2.05) is 0 Å². The molecule has 0 heterocycles. The van der Waals surface area contributed by atoms with Gasteiger partial charge in [0, 0.05) is 31.1 Å². The first kappa shape index (κ1) is 43.4. The molecule has 0 spiro atoms. The number of esters is 2. The number of phosphoric acid groups is 1. The Morgan fingerprint density at radius 3 is 2.00 bits per heavy atom. The van der Waals surface area contributed by atoms with Crippen LogP contribution in [0.1, 0.15) is 149 Å². The van der Waals surface area contributed by atoms with Gasteiger partial charge in [-0.3, -0.25) is 18.9 Å². The van der Waals surface area contributed by atoms with E-state index in [9.17, 15) is 29.2 Å². The molecule has 1 fully saturated rings. The minimum atomic E-state index is -4.81. The Kier molecular flexibility index (Phi) is 24.3. The number of phosphoric ester groups is 1. The summed E-state index contributed by atoms with van der Waals surface area (Å²) in [7, 11) is -4.81. The number of aliphatic hydroxyl groups is 2. The van der Waals surface area contributed by atoms with Gasteiger partial charge in [-0.1, -0.05) is 116 Å². The molecule has 0 saturated heterocycles. The summed E-state index contributed by atoms with van der Waals surface area (Å²) in [6.07, 6.45) is 18.5. The Balaban J connectivity index is 2.35. The van der Waals surface area contributed by atoms with E-state index < -0.39 is 44.7 Å². The first-order valence-electron chi connectivity index (χ1n) is 18.1. The molecule has 274 valence electrons. The van der Waals surface area contributed by atoms with Gasteiger partial charge >= 0.3 is 19.8 Å². The van der Waals surface area contributed by atoms with Gasteiger partial charge in [0.15, 0.2) is 6.10 Å². The van der Waals surface area contributed by atoms with Gasteiger partial charge in [-0.2, -0.15) is 0 Å². The molecule has 0 radical (unpaired) electrons. The number of carbonyl (C=O) groups excluding carboxylic acids is 3. The quantitative estimate of drug-likeness (QED) is 0.0279. The minimum absolute atomic E-state index is 0.0358.